The zero-order valence-corrected chi connectivity index (χ0v) is 11.1. The fraction of sp³-hybridized carbons (Fsp3) is 0.615. The Kier molecular flexibility index (Phi) is 3.70. The number of hydrogen-bond acceptors (Lipinski definition) is 5. The summed E-state index contributed by atoms with van der Waals surface area (Å²) in [7, 11) is 0. The summed E-state index contributed by atoms with van der Waals surface area (Å²) in [5, 5.41) is 0. The summed E-state index contributed by atoms with van der Waals surface area (Å²) in [5.74, 6) is 2.12. The molecule has 0 aromatic carbocycles. The Morgan fingerprint density at radius 1 is 0.895 bits per heavy atom. The number of nitrogens with one attached hydrogen (secondary N) is 1. The van der Waals surface area contributed by atoms with Crippen LogP contribution in [-0.4, -0.2) is 52.6 Å². The molecule has 2 aliphatic heterocycles. The minimum Gasteiger partial charge on any atom is -0.393 e. The molecule has 19 heavy (non-hydrogen) atoms. The molecule has 6 heteroatoms. The van der Waals surface area contributed by atoms with Crippen LogP contribution in [0.5, 0.6) is 0 Å². The maximum absolute atomic E-state index is 6.09. The van der Waals surface area contributed by atoms with E-state index in [1.165, 1.54) is 0 Å². The van der Waals surface area contributed by atoms with Gasteiger partial charge in [0.05, 0.1) is 52.6 Å². The largest absolute Gasteiger partial charge is 0.393 e. The number of morpholine rings is 2. The van der Waals surface area contributed by atoms with Crippen molar-refractivity contribution < 1.29 is 14.5 Å². The second-order valence-electron chi connectivity index (χ2n) is 4.85. The van der Waals surface area contributed by atoms with Crippen molar-refractivity contribution in [3.05, 3.63) is 12.1 Å². The van der Waals surface area contributed by atoms with Crippen molar-refractivity contribution in [3.8, 4) is 0 Å². The second-order valence-corrected chi connectivity index (χ2v) is 4.85. The summed E-state index contributed by atoms with van der Waals surface area (Å²) < 4.78 is 10.8. The van der Waals surface area contributed by atoms with Crippen LogP contribution in [0.1, 0.15) is 0 Å². The summed E-state index contributed by atoms with van der Waals surface area (Å²) in [4.78, 5) is 8.02. The molecule has 0 atom stereocenters. The Balaban J connectivity index is 1.82. The van der Waals surface area contributed by atoms with Gasteiger partial charge in [0.15, 0.2) is 0 Å². The topological polar surface area (TPSA) is 65.1 Å². The molecule has 2 fully saturated rings. The summed E-state index contributed by atoms with van der Waals surface area (Å²) >= 11 is 0. The lowest BCUT2D eigenvalue weighted by Crippen LogP contribution is -2.43. The van der Waals surface area contributed by atoms with Crippen LogP contribution in [0.4, 0.5) is 17.3 Å². The van der Waals surface area contributed by atoms with E-state index >= 15 is 0 Å². The highest BCUT2D eigenvalue weighted by Gasteiger charge is 2.23. The molecule has 0 amide bonds. The number of aromatic nitrogens is 1. The number of pyridine rings is 1. The molecule has 104 valence electrons. The Labute approximate surface area is 113 Å². The lowest BCUT2D eigenvalue weighted by atomic mass is 10.3. The molecule has 3 heterocycles. The molecule has 3 rings (SSSR count). The van der Waals surface area contributed by atoms with Crippen LogP contribution in [0, 0.1) is 0 Å². The number of aromatic amines is 1. The number of H-pyrrole nitrogens is 1. The molecule has 0 radical (unpaired) electrons. The zero-order chi connectivity index (χ0) is 13.1. The van der Waals surface area contributed by atoms with Crippen LogP contribution in [0.2, 0.25) is 0 Å². The molecule has 0 spiro atoms. The molecular formula is C13H21N4O2+. The van der Waals surface area contributed by atoms with Gasteiger partial charge in [0.1, 0.15) is 5.69 Å². The molecule has 0 saturated carbocycles. The Morgan fingerprint density at radius 3 is 2.11 bits per heavy atom. The Hall–Kier alpha value is -1.53. The fourth-order valence-corrected chi connectivity index (χ4v) is 2.52. The first-order valence-electron chi connectivity index (χ1n) is 6.82. The third kappa shape index (κ3) is 2.74. The smallest absolute Gasteiger partial charge is 0.245 e. The highest BCUT2D eigenvalue weighted by Crippen LogP contribution is 2.21. The van der Waals surface area contributed by atoms with Crippen molar-refractivity contribution in [1.82, 2.24) is 0 Å². The van der Waals surface area contributed by atoms with Crippen LogP contribution in [0.15, 0.2) is 12.1 Å². The number of rotatable bonds is 2. The van der Waals surface area contributed by atoms with Crippen LogP contribution in [0.3, 0.4) is 0 Å². The molecule has 3 N–H and O–H groups in total. The van der Waals surface area contributed by atoms with Gasteiger partial charge in [-0.05, 0) is 6.07 Å². The molecule has 1 aromatic heterocycles. The van der Waals surface area contributed by atoms with Crippen molar-refractivity contribution in [3.63, 3.8) is 0 Å². The molecular weight excluding hydrogens is 244 g/mol. The highest BCUT2D eigenvalue weighted by molar-refractivity contribution is 5.61. The van der Waals surface area contributed by atoms with E-state index in [0.717, 1.165) is 69.9 Å². The monoisotopic (exact) mass is 265 g/mol. The summed E-state index contributed by atoms with van der Waals surface area (Å²) in [5.41, 5.74) is 6.88. The predicted octanol–water partition coefficient (Wildman–Crippen LogP) is -0.244. The summed E-state index contributed by atoms with van der Waals surface area (Å²) in [6, 6.07) is 4.02. The number of anilines is 3. The van der Waals surface area contributed by atoms with Crippen molar-refractivity contribution in [2.75, 3.05) is 68.1 Å². The van der Waals surface area contributed by atoms with Gasteiger partial charge in [-0.3, -0.25) is 9.80 Å². The maximum atomic E-state index is 6.09. The lowest BCUT2D eigenvalue weighted by molar-refractivity contribution is -0.350. The van der Waals surface area contributed by atoms with E-state index < -0.39 is 0 Å². The Bertz CT molecular complexity index is 429. The molecule has 0 aliphatic carbocycles. The maximum Gasteiger partial charge on any atom is 0.245 e. The van der Waals surface area contributed by atoms with Crippen molar-refractivity contribution in [2.24, 2.45) is 0 Å². The first-order valence-corrected chi connectivity index (χ1v) is 6.82. The van der Waals surface area contributed by atoms with Crippen molar-refractivity contribution >= 4 is 17.3 Å². The third-order valence-corrected chi connectivity index (χ3v) is 3.62. The van der Waals surface area contributed by atoms with Gasteiger partial charge >= 0.3 is 0 Å². The standard InChI is InChI=1S/C13H20N4O2/c14-11-1-2-12(16-3-7-18-8-4-16)15-13(11)17-5-9-19-10-6-17/h1-2H,3-10,14H2/p+1. The first kappa shape index (κ1) is 12.5. The van der Waals surface area contributed by atoms with E-state index in [0.29, 0.717) is 0 Å². The fourth-order valence-electron chi connectivity index (χ4n) is 2.52. The molecule has 6 nitrogen and oxygen atoms in total. The van der Waals surface area contributed by atoms with Crippen LogP contribution < -0.4 is 20.5 Å². The average Bonchev–Trinajstić information content (AvgIpc) is 2.49. The van der Waals surface area contributed by atoms with E-state index in [1.807, 2.05) is 12.1 Å². The quantitative estimate of drug-likeness (QED) is 0.799. The van der Waals surface area contributed by atoms with Gasteiger partial charge in [0, 0.05) is 6.07 Å². The van der Waals surface area contributed by atoms with Crippen LogP contribution in [-0.2, 0) is 9.47 Å². The average molecular weight is 265 g/mol. The highest BCUT2D eigenvalue weighted by atomic mass is 16.5. The SMILES string of the molecule is Nc1ccc(N2CCOCC2)[nH+]c1N1CCOCC1. The normalized spacial score (nSPS) is 20.6. The van der Waals surface area contributed by atoms with Crippen molar-refractivity contribution in [2.45, 2.75) is 0 Å². The summed E-state index contributed by atoms with van der Waals surface area (Å²) in [6.45, 7) is 6.69. The molecule has 0 unspecified atom stereocenters. The number of nitrogens with zero attached hydrogens (tertiary/aromatic N) is 2. The van der Waals surface area contributed by atoms with Crippen LogP contribution >= 0.6 is 0 Å². The minimum absolute atomic E-state index is 0.759. The van der Waals surface area contributed by atoms with E-state index in [4.69, 9.17) is 15.2 Å². The number of nitrogens with two attached hydrogens (primary N) is 1. The lowest BCUT2D eigenvalue weighted by Gasteiger charge is -2.27. The van der Waals surface area contributed by atoms with Gasteiger partial charge in [-0.2, -0.15) is 0 Å². The van der Waals surface area contributed by atoms with Crippen molar-refractivity contribution in [1.29, 1.82) is 0 Å². The van der Waals surface area contributed by atoms with Gasteiger partial charge in [0.2, 0.25) is 11.6 Å². The van der Waals surface area contributed by atoms with E-state index in [1.54, 1.807) is 0 Å². The third-order valence-electron chi connectivity index (χ3n) is 3.62. The van der Waals surface area contributed by atoms with E-state index in [-0.39, 0.29) is 0 Å². The van der Waals surface area contributed by atoms with Gasteiger partial charge in [0.25, 0.3) is 0 Å². The first-order chi connectivity index (χ1) is 9.34. The van der Waals surface area contributed by atoms with Crippen LogP contribution in [0.25, 0.3) is 0 Å². The molecule has 1 aromatic rings. The zero-order valence-electron chi connectivity index (χ0n) is 11.1. The number of nitrogen functional groups attached to an aromatic ring is 1. The molecule has 0 bridgehead atoms. The van der Waals surface area contributed by atoms with E-state index in [9.17, 15) is 0 Å². The molecule has 2 saturated heterocycles. The van der Waals surface area contributed by atoms with Gasteiger partial charge in [-0.1, -0.05) is 0 Å². The second kappa shape index (κ2) is 5.63. The van der Waals surface area contributed by atoms with E-state index in [2.05, 4.69) is 14.8 Å². The van der Waals surface area contributed by atoms with Gasteiger partial charge < -0.3 is 15.2 Å². The summed E-state index contributed by atoms with van der Waals surface area (Å²) in [6.07, 6.45) is 0. The minimum atomic E-state index is 0.759. The van der Waals surface area contributed by atoms with Gasteiger partial charge in [-0.15, -0.1) is 0 Å². The number of hydrogen-bond donors (Lipinski definition) is 1. The van der Waals surface area contributed by atoms with Gasteiger partial charge in [-0.25, -0.2) is 4.98 Å². The number of ether oxygens (including phenoxy) is 2. The molecule has 2 aliphatic rings. The predicted molar refractivity (Wildman–Crippen MR) is 73.5 cm³/mol. The Morgan fingerprint density at radius 2 is 1.47 bits per heavy atom.